The summed E-state index contributed by atoms with van der Waals surface area (Å²) in [5.74, 6) is -4.37. The lowest BCUT2D eigenvalue weighted by Gasteiger charge is -2.55. The van der Waals surface area contributed by atoms with Gasteiger partial charge in [-0.05, 0) is 26.7 Å². The summed E-state index contributed by atoms with van der Waals surface area (Å²) in [6.45, 7) is 9.96. The van der Waals surface area contributed by atoms with Crippen LogP contribution in [0.4, 0.5) is 0 Å². The van der Waals surface area contributed by atoms with Crippen LogP contribution in [-0.2, 0) is 52.4 Å². The molecule has 0 aromatic heterocycles. The minimum atomic E-state index is -1.92. The van der Waals surface area contributed by atoms with Crippen LogP contribution in [0.25, 0.3) is 0 Å². The lowest BCUT2D eigenvalue weighted by molar-refractivity contribution is -0.344. The first-order valence-electron chi connectivity index (χ1n) is 16.3. The second-order valence-electron chi connectivity index (χ2n) is 12.5. The van der Waals surface area contributed by atoms with Crippen molar-refractivity contribution in [1.82, 2.24) is 5.32 Å². The second kappa shape index (κ2) is 18.7. The van der Waals surface area contributed by atoms with Crippen LogP contribution in [0.2, 0.25) is 0 Å². The Morgan fingerprint density at radius 1 is 1.00 bits per heavy atom. The minimum absolute atomic E-state index is 0.0773. The molecule has 2 fully saturated rings. The smallest absolute Gasteiger partial charge is 0.335 e. The van der Waals surface area contributed by atoms with E-state index in [0.717, 1.165) is 0 Å². The van der Waals surface area contributed by atoms with Crippen molar-refractivity contribution in [2.45, 2.75) is 140 Å². The number of nitrogens with one attached hydrogen (secondary N) is 1. The van der Waals surface area contributed by atoms with E-state index in [4.69, 9.17) is 28.4 Å². The van der Waals surface area contributed by atoms with Crippen molar-refractivity contribution in [3.8, 4) is 0 Å². The molecular formula is C32H51NO16. The number of amides is 1. The SMILES string of the molecule is C=C(C)C(=O)OCCOC(=O)CCC(=O)OCC1O[C@@H](O[C@@H]2C(O)C(O)C(C)(C(O)(CC)CCCC)O[C@H]2C(=O)O)[C@@H](NC(C)=O)C[C@@H]1O. The lowest BCUT2D eigenvalue weighted by atomic mass is 9.70. The average molecular weight is 706 g/mol. The summed E-state index contributed by atoms with van der Waals surface area (Å²) < 4.78 is 32.4. The third kappa shape index (κ3) is 11.2. The number of carbonyl (C=O) groups excluding carboxylic acids is 4. The number of unbranched alkanes of at least 4 members (excludes halogenated alkanes) is 1. The van der Waals surface area contributed by atoms with E-state index in [-0.39, 0.29) is 44.5 Å². The summed E-state index contributed by atoms with van der Waals surface area (Å²) in [6, 6.07) is -1.08. The van der Waals surface area contributed by atoms with E-state index in [0.29, 0.717) is 12.8 Å². The Hall–Kier alpha value is -3.19. The van der Waals surface area contributed by atoms with Gasteiger partial charge in [0.2, 0.25) is 5.91 Å². The fraction of sp³-hybridized carbons (Fsp3) is 0.781. The number of ether oxygens (including phenoxy) is 6. The number of esters is 3. The van der Waals surface area contributed by atoms with Crippen LogP contribution in [0.1, 0.15) is 79.6 Å². The highest BCUT2D eigenvalue weighted by Gasteiger charge is 2.62. The van der Waals surface area contributed by atoms with Gasteiger partial charge in [-0.1, -0.05) is 33.3 Å². The standard InChI is InChI=1S/C32H51NO16/c1-7-9-12-32(43,8-2)31(6)27(39)24(38)25(26(49-31)28(40)41)48-30-19(33-18(5)34)15-20(35)21(47-30)16-46-23(37)11-10-22(36)44-13-14-45-29(42)17(3)4/h19-21,24-27,30,35,38-39,43H,3,7-16H2,1-2,4-6H3,(H,33,34)(H,40,41)/t19-,20-,21?,24?,25+,26+,27?,30-,31?,32?/m0/s1. The molecule has 2 aliphatic heterocycles. The van der Waals surface area contributed by atoms with Gasteiger partial charge in [0.15, 0.2) is 12.4 Å². The predicted molar refractivity (Wildman–Crippen MR) is 166 cm³/mol. The maximum Gasteiger partial charge on any atom is 0.335 e. The first kappa shape index (κ1) is 42.0. The molecule has 10 atom stereocenters. The van der Waals surface area contributed by atoms with Gasteiger partial charge < -0.3 is 59.3 Å². The Balaban J connectivity index is 2.10. The van der Waals surface area contributed by atoms with E-state index in [1.54, 1.807) is 6.92 Å². The highest BCUT2D eigenvalue weighted by Crippen LogP contribution is 2.43. The number of carboxylic acid groups (broad SMARTS) is 1. The molecule has 49 heavy (non-hydrogen) atoms. The molecule has 17 heteroatoms. The van der Waals surface area contributed by atoms with Crippen LogP contribution in [0.5, 0.6) is 0 Å². The largest absolute Gasteiger partial charge is 0.479 e. The normalized spacial score (nSPS) is 31.1. The Kier molecular flexibility index (Phi) is 16.0. The fourth-order valence-electron chi connectivity index (χ4n) is 5.70. The molecule has 280 valence electrons. The van der Waals surface area contributed by atoms with Crippen molar-refractivity contribution < 1.29 is 77.9 Å². The molecule has 0 saturated carbocycles. The number of aliphatic carboxylic acids is 1. The topological polar surface area (TPSA) is 254 Å². The zero-order valence-electron chi connectivity index (χ0n) is 28.6. The molecule has 0 aromatic carbocycles. The summed E-state index contributed by atoms with van der Waals surface area (Å²) in [5.41, 5.74) is -3.45. The highest BCUT2D eigenvalue weighted by molar-refractivity contribution is 5.86. The molecule has 17 nitrogen and oxygen atoms in total. The monoisotopic (exact) mass is 705 g/mol. The van der Waals surface area contributed by atoms with Crippen molar-refractivity contribution in [2.24, 2.45) is 0 Å². The quantitative estimate of drug-likeness (QED) is 0.0460. The van der Waals surface area contributed by atoms with Gasteiger partial charge in [0.05, 0.1) is 30.6 Å². The van der Waals surface area contributed by atoms with Crippen molar-refractivity contribution in [1.29, 1.82) is 0 Å². The third-order valence-electron chi connectivity index (χ3n) is 8.70. The number of carbonyl (C=O) groups is 5. The number of carboxylic acids is 1. The molecule has 1 amide bonds. The molecule has 0 spiro atoms. The maximum atomic E-state index is 12.4. The van der Waals surface area contributed by atoms with Crippen LogP contribution >= 0.6 is 0 Å². The summed E-state index contributed by atoms with van der Waals surface area (Å²) in [7, 11) is 0. The fourth-order valence-corrected chi connectivity index (χ4v) is 5.70. The van der Waals surface area contributed by atoms with Gasteiger partial charge in [-0.25, -0.2) is 9.59 Å². The van der Waals surface area contributed by atoms with Crippen LogP contribution in [0, 0.1) is 0 Å². The van der Waals surface area contributed by atoms with Crippen molar-refractivity contribution in [2.75, 3.05) is 19.8 Å². The molecule has 2 aliphatic rings. The molecule has 2 saturated heterocycles. The van der Waals surface area contributed by atoms with E-state index in [9.17, 15) is 49.5 Å². The molecule has 0 bridgehead atoms. The van der Waals surface area contributed by atoms with Crippen LogP contribution in [0.15, 0.2) is 12.2 Å². The molecule has 2 heterocycles. The number of aliphatic hydroxyl groups is 4. The first-order valence-corrected chi connectivity index (χ1v) is 16.3. The zero-order valence-corrected chi connectivity index (χ0v) is 28.6. The van der Waals surface area contributed by atoms with Gasteiger partial charge in [-0.15, -0.1) is 0 Å². The van der Waals surface area contributed by atoms with Gasteiger partial charge in [0, 0.05) is 18.9 Å². The molecule has 6 N–H and O–H groups in total. The van der Waals surface area contributed by atoms with Gasteiger partial charge in [-0.3, -0.25) is 14.4 Å². The third-order valence-corrected chi connectivity index (χ3v) is 8.70. The number of rotatable bonds is 18. The maximum absolute atomic E-state index is 12.4. The second-order valence-corrected chi connectivity index (χ2v) is 12.5. The molecule has 0 aromatic rings. The Morgan fingerprint density at radius 3 is 2.16 bits per heavy atom. The number of aliphatic hydroxyl groups excluding tert-OH is 3. The summed E-state index contributed by atoms with van der Waals surface area (Å²) in [4.78, 5) is 60.0. The van der Waals surface area contributed by atoms with Crippen molar-refractivity contribution in [3.63, 3.8) is 0 Å². The van der Waals surface area contributed by atoms with Gasteiger partial charge in [-0.2, -0.15) is 0 Å². The van der Waals surface area contributed by atoms with Crippen molar-refractivity contribution in [3.05, 3.63) is 12.2 Å². The van der Waals surface area contributed by atoms with Crippen molar-refractivity contribution >= 4 is 29.8 Å². The van der Waals surface area contributed by atoms with Gasteiger partial charge >= 0.3 is 23.9 Å². The van der Waals surface area contributed by atoms with Gasteiger partial charge in [0.25, 0.3) is 0 Å². The molecular weight excluding hydrogens is 654 g/mol. The average Bonchev–Trinajstić information content (AvgIpc) is 3.04. The predicted octanol–water partition coefficient (Wildman–Crippen LogP) is -0.367. The Morgan fingerprint density at radius 2 is 1.61 bits per heavy atom. The summed E-state index contributed by atoms with van der Waals surface area (Å²) in [5, 5.41) is 57.3. The number of hydrogen-bond acceptors (Lipinski definition) is 15. The molecule has 5 unspecified atom stereocenters. The van der Waals surface area contributed by atoms with E-state index in [1.807, 2.05) is 6.92 Å². The number of hydrogen-bond donors (Lipinski definition) is 6. The Bertz CT molecular complexity index is 1180. The lowest BCUT2D eigenvalue weighted by Crippen LogP contribution is -2.73. The first-order chi connectivity index (χ1) is 22.9. The Labute approximate surface area is 284 Å². The van der Waals surface area contributed by atoms with E-state index in [2.05, 4.69) is 11.9 Å². The van der Waals surface area contributed by atoms with E-state index >= 15 is 0 Å². The van der Waals surface area contributed by atoms with Gasteiger partial charge in [0.1, 0.15) is 49.8 Å². The molecule has 0 aliphatic carbocycles. The van der Waals surface area contributed by atoms with Crippen LogP contribution in [0.3, 0.4) is 0 Å². The molecule has 0 radical (unpaired) electrons. The highest BCUT2D eigenvalue weighted by atomic mass is 16.7. The van der Waals surface area contributed by atoms with E-state index in [1.165, 1.54) is 20.8 Å². The summed E-state index contributed by atoms with van der Waals surface area (Å²) >= 11 is 0. The van der Waals surface area contributed by atoms with E-state index < -0.39 is 103 Å². The zero-order chi connectivity index (χ0) is 37.1. The minimum Gasteiger partial charge on any atom is -0.479 e. The summed E-state index contributed by atoms with van der Waals surface area (Å²) in [6.07, 6.45) is -11.0. The van der Waals surface area contributed by atoms with Crippen LogP contribution in [-0.4, -0.2) is 135 Å². The molecule has 2 rings (SSSR count). The van der Waals surface area contributed by atoms with Crippen LogP contribution < -0.4 is 5.32 Å².